The second-order valence-electron chi connectivity index (χ2n) is 6.17. The molecule has 0 radical (unpaired) electrons. The van der Waals surface area contributed by atoms with Crippen LogP contribution in [0.5, 0.6) is 0 Å². The van der Waals surface area contributed by atoms with Crippen LogP contribution in [0.2, 0.25) is 0 Å². The highest BCUT2D eigenvalue weighted by Gasteiger charge is 2.14. The van der Waals surface area contributed by atoms with Crippen molar-refractivity contribution >= 4 is 17.6 Å². The Balaban J connectivity index is 2.17. The zero-order chi connectivity index (χ0) is 16.3. The molecule has 2 aromatic carbocycles. The van der Waals surface area contributed by atoms with Crippen LogP contribution < -0.4 is 5.32 Å². The first-order valence-corrected chi connectivity index (χ1v) is 7.02. The molecule has 1 amide bonds. The Bertz CT molecular complexity index is 697. The molecule has 4 heteroatoms. The van der Waals surface area contributed by atoms with Crippen LogP contribution in [0, 0.1) is 0 Å². The molecule has 22 heavy (non-hydrogen) atoms. The van der Waals surface area contributed by atoms with Gasteiger partial charge in [-0.05, 0) is 47.4 Å². The van der Waals surface area contributed by atoms with Crippen LogP contribution in [0.15, 0.2) is 48.5 Å². The fraction of sp³-hybridized carbons (Fsp3) is 0.222. The molecule has 0 spiro atoms. The van der Waals surface area contributed by atoms with Gasteiger partial charge < -0.3 is 10.4 Å². The number of aromatic carboxylic acids is 1. The number of carboxylic acids is 1. The van der Waals surface area contributed by atoms with Gasteiger partial charge in [-0.1, -0.05) is 32.9 Å². The molecule has 0 heterocycles. The number of nitrogens with one attached hydrogen (secondary N) is 1. The number of amides is 1. The van der Waals surface area contributed by atoms with Crippen molar-refractivity contribution in [3.63, 3.8) is 0 Å². The largest absolute Gasteiger partial charge is 0.478 e. The smallest absolute Gasteiger partial charge is 0.335 e. The van der Waals surface area contributed by atoms with E-state index in [1.165, 1.54) is 24.3 Å². The predicted octanol–water partition coefficient (Wildman–Crippen LogP) is 3.93. The van der Waals surface area contributed by atoms with E-state index >= 15 is 0 Å². The Morgan fingerprint density at radius 3 is 2.09 bits per heavy atom. The number of hydrogen-bond donors (Lipinski definition) is 2. The van der Waals surface area contributed by atoms with Gasteiger partial charge in [0.15, 0.2) is 0 Å². The third-order valence-corrected chi connectivity index (χ3v) is 3.38. The van der Waals surface area contributed by atoms with Gasteiger partial charge in [-0.2, -0.15) is 0 Å². The lowest BCUT2D eigenvalue weighted by atomic mass is 9.87. The highest BCUT2D eigenvalue weighted by Crippen LogP contribution is 2.24. The topological polar surface area (TPSA) is 66.4 Å². The Hall–Kier alpha value is -2.62. The zero-order valence-corrected chi connectivity index (χ0v) is 12.9. The van der Waals surface area contributed by atoms with Gasteiger partial charge in [-0.25, -0.2) is 4.79 Å². The summed E-state index contributed by atoms with van der Waals surface area (Å²) in [6.45, 7) is 6.33. The third kappa shape index (κ3) is 3.73. The van der Waals surface area contributed by atoms with Gasteiger partial charge in [-0.15, -0.1) is 0 Å². The van der Waals surface area contributed by atoms with Crippen molar-refractivity contribution in [2.45, 2.75) is 26.2 Å². The van der Waals surface area contributed by atoms with Crippen molar-refractivity contribution in [3.8, 4) is 0 Å². The second-order valence-corrected chi connectivity index (χ2v) is 6.17. The van der Waals surface area contributed by atoms with Crippen molar-refractivity contribution in [2.75, 3.05) is 5.32 Å². The van der Waals surface area contributed by atoms with E-state index in [0.29, 0.717) is 5.56 Å². The maximum absolute atomic E-state index is 12.2. The summed E-state index contributed by atoms with van der Waals surface area (Å²) in [5.41, 5.74) is 2.44. The van der Waals surface area contributed by atoms with Crippen LogP contribution >= 0.6 is 0 Å². The Morgan fingerprint density at radius 1 is 0.955 bits per heavy atom. The van der Waals surface area contributed by atoms with Gasteiger partial charge in [0.05, 0.1) is 5.56 Å². The van der Waals surface area contributed by atoms with Crippen molar-refractivity contribution < 1.29 is 14.7 Å². The number of hydrogen-bond acceptors (Lipinski definition) is 2. The van der Waals surface area contributed by atoms with Crippen LogP contribution in [0.4, 0.5) is 5.69 Å². The number of benzene rings is 2. The van der Waals surface area contributed by atoms with Gasteiger partial charge >= 0.3 is 5.97 Å². The van der Waals surface area contributed by atoms with Crippen LogP contribution in [0.3, 0.4) is 0 Å². The molecule has 2 rings (SSSR count). The van der Waals surface area contributed by atoms with E-state index in [2.05, 4.69) is 26.1 Å². The fourth-order valence-electron chi connectivity index (χ4n) is 2.03. The molecule has 0 fully saturated rings. The number of carbonyl (C=O) groups excluding carboxylic acids is 1. The molecule has 2 aromatic rings. The summed E-state index contributed by atoms with van der Waals surface area (Å²) in [7, 11) is 0. The Kier molecular flexibility index (Phi) is 4.31. The molecular formula is C18H19NO3. The molecule has 114 valence electrons. The molecule has 4 nitrogen and oxygen atoms in total. The first kappa shape index (κ1) is 15.8. The maximum atomic E-state index is 12.2. The summed E-state index contributed by atoms with van der Waals surface area (Å²) < 4.78 is 0. The summed E-state index contributed by atoms with van der Waals surface area (Å²) in [5, 5.41) is 11.7. The average molecular weight is 297 g/mol. The first-order valence-electron chi connectivity index (χ1n) is 7.02. The van der Waals surface area contributed by atoms with E-state index in [1.807, 2.05) is 24.3 Å². The van der Waals surface area contributed by atoms with Crippen molar-refractivity contribution in [1.29, 1.82) is 0 Å². The summed E-state index contributed by atoms with van der Waals surface area (Å²) in [6, 6.07) is 13.6. The standard InChI is InChI=1S/C18H19NO3/c1-18(2,3)14-5-4-6-15(11-14)19-16(20)12-7-9-13(10-8-12)17(21)22/h4-11H,1-3H3,(H,19,20)(H,21,22). The van der Waals surface area contributed by atoms with Gasteiger partial charge in [0, 0.05) is 11.3 Å². The minimum Gasteiger partial charge on any atom is -0.478 e. The third-order valence-electron chi connectivity index (χ3n) is 3.38. The minimum atomic E-state index is -1.01. The molecule has 0 aliphatic carbocycles. The Labute approximate surface area is 129 Å². The number of carbonyl (C=O) groups is 2. The van der Waals surface area contributed by atoms with Crippen molar-refractivity contribution in [2.24, 2.45) is 0 Å². The maximum Gasteiger partial charge on any atom is 0.335 e. The lowest BCUT2D eigenvalue weighted by Crippen LogP contribution is -2.14. The predicted molar refractivity (Wildman–Crippen MR) is 86.5 cm³/mol. The summed E-state index contributed by atoms with van der Waals surface area (Å²) >= 11 is 0. The lowest BCUT2D eigenvalue weighted by Gasteiger charge is -2.19. The van der Waals surface area contributed by atoms with Gasteiger partial charge in [0.2, 0.25) is 0 Å². The molecule has 0 aliphatic heterocycles. The van der Waals surface area contributed by atoms with Crippen molar-refractivity contribution in [3.05, 3.63) is 65.2 Å². The van der Waals surface area contributed by atoms with E-state index in [0.717, 1.165) is 11.3 Å². The van der Waals surface area contributed by atoms with E-state index in [4.69, 9.17) is 5.11 Å². The van der Waals surface area contributed by atoms with Gasteiger partial charge in [-0.3, -0.25) is 4.79 Å². The van der Waals surface area contributed by atoms with Crippen LogP contribution in [-0.2, 0) is 5.41 Å². The Morgan fingerprint density at radius 2 is 1.55 bits per heavy atom. The SMILES string of the molecule is CC(C)(C)c1cccc(NC(=O)c2ccc(C(=O)O)cc2)c1. The zero-order valence-electron chi connectivity index (χ0n) is 12.9. The molecule has 0 atom stereocenters. The van der Waals surface area contributed by atoms with Gasteiger partial charge in [0.1, 0.15) is 0 Å². The van der Waals surface area contributed by atoms with Crippen molar-refractivity contribution in [1.82, 2.24) is 0 Å². The van der Waals surface area contributed by atoms with E-state index in [9.17, 15) is 9.59 Å². The quantitative estimate of drug-likeness (QED) is 0.902. The monoisotopic (exact) mass is 297 g/mol. The van der Waals surface area contributed by atoms with E-state index < -0.39 is 5.97 Å². The number of rotatable bonds is 3. The summed E-state index contributed by atoms with van der Waals surface area (Å²) in [4.78, 5) is 23.0. The second kappa shape index (κ2) is 6.02. The first-order chi connectivity index (χ1) is 10.3. The van der Waals surface area contributed by atoms with Crippen LogP contribution in [0.25, 0.3) is 0 Å². The highest BCUT2D eigenvalue weighted by molar-refractivity contribution is 6.04. The number of carboxylic acid groups (broad SMARTS) is 1. The molecule has 0 aromatic heterocycles. The molecule has 0 aliphatic rings. The van der Waals surface area contributed by atoms with E-state index in [-0.39, 0.29) is 16.9 Å². The molecular weight excluding hydrogens is 278 g/mol. The summed E-state index contributed by atoms with van der Waals surface area (Å²) in [5.74, 6) is -1.27. The van der Waals surface area contributed by atoms with E-state index in [1.54, 1.807) is 0 Å². The average Bonchev–Trinajstić information content (AvgIpc) is 2.46. The lowest BCUT2D eigenvalue weighted by molar-refractivity contribution is 0.0696. The molecule has 0 saturated heterocycles. The summed E-state index contributed by atoms with van der Waals surface area (Å²) in [6.07, 6.45) is 0. The molecule has 0 bridgehead atoms. The molecule has 0 unspecified atom stereocenters. The molecule has 0 saturated carbocycles. The minimum absolute atomic E-state index is 0.00384. The van der Waals surface area contributed by atoms with Crippen LogP contribution in [0.1, 0.15) is 47.1 Å². The van der Waals surface area contributed by atoms with Gasteiger partial charge in [0.25, 0.3) is 5.91 Å². The van der Waals surface area contributed by atoms with Crippen LogP contribution in [-0.4, -0.2) is 17.0 Å². The number of anilines is 1. The highest BCUT2D eigenvalue weighted by atomic mass is 16.4. The fourth-order valence-corrected chi connectivity index (χ4v) is 2.03. The molecule has 2 N–H and O–H groups in total. The normalized spacial score (nSPS) is 11.0.